The third kappa shape index (κ3) is 4.01. The molecule has 5 heteroatoms. The first kappa shape index (κ1) is 14.0. The topological polar surface area (TPSA) is 49.6 Å². The SMILES string of the molecule is NCCN1CCN(C(=O)Cc2ccc(F)cc2)CC1. The maximum atomic E-state index is 12.8. The van der Waals surface area contributed by atoms with Crippen molar-refractivity contribution in [3.63, 3.8) is 0 Å². The molecule has 19 heavy (non-hydrogen) atoms. The fourth-order valence-electron chi connectivity index (χ4n) is 2.29. The van der Waals surface area contributed by atoms with E-state index in [1.807, 2.05) is 4.90 Å². The second-order valence-corrected chi connectivity index (χ2v) is 4.81. The van der Waals surface area contributed by atoms with Gasteiger partial charge in [0.15, 0.2) is 0 Å². The van der Waals surface area contributed by atoms with Gasteiger partial charge in [0.25, 0.3) is 0 Å². The van der Waals surface area contributed by atoms with Crippen LogP contribution in [0.1, 0.15) is 5.56 Å². The van der Waals surface area contributed by atoms with Crippen LogP contribution in [0, 0.1) is 5.82 Å². The van der Waals surface area contributed by atoms with Gasteiger partial charge in [0.1, 0.15) is 5.82 Å². The summed E-state index contributed by atoms with van der Waals surface area (Å²) in [5, 5.41) is 0. The first-order valence-electron chi connectivity index (χ1n) is 6.63. The van der Waals surface area contributed by atoms with E-state index < -0.39 is 0 Å². The monoisotopic (exact) mass is 265 g/mol. The molecule has 0 aliphatic carbocycles. The molecule has 1 heterocycles. The van der Waals surface area contributed by atoms with Gasteiger partial charge in [-0.1, -0.05) is 12.1 Å². The van der Waals surface area contributed by atoms with Gasteiger partial charge in [-0.2, -0.15) is 0 Å². The number of piperazine rings is 1. The molecule has 4 nitrogen and oxygen atoms in total. The van der Waals surface area contributed by atoms with Crippen LogP contribution in [0.15, 0.2) is 24.3 Å². The van der Waals surface area contributed by atoms with Crippen LogP contribution in [0.5, 0.6) is 0 Å². The zero-order valence-corrected chi connectivity index (χ0v) is 11.0. The molecule has 0 unspecified atom stereocenters. The summed E-state index contributed by atoms with van der Waals surface area (Å²) < 4.78 is 12.8. The Kier molecular flexibility index (Phi) is 4.87. The summed E-state index contributed by atoms with van der Waals surface area (Å²) in [6, 6.07) is 6.11. The van der Waals surface area contributed by atoms with E-state index in [2.05, 4.69) is 4.90 Å². The number of nitrogens with two attached hydrogens (primary N) is 1. The zero-order valence-electron chi connectivity index (χ0n) is 11.0. The highest BCUT2D eigenvalue weighted by Gasteiger charge is 2.20. The van der Waals surface area contributed by atoms with E-state index in [1.54, 1.807) is 12.1 Å². The minimum absolute atomic E-state index is 0.110. The van der Waals surface area contributed by atoms with Crippen LogP contribution in [-0.4, -0.2) is 55.0 Å². The molecule has 0 radical (unpaired) electrons. The molecule has 0 atom stereocenters. The highest BCUT2D eigenvalue weighted by atomic mass is 19.1. The van der Waals surface area contributed by atoms with E-state index >= 15 is 0 Å². The number of carbonyl (C=O) groups excluding carboxylic acids is 1. The number of hydrogen-bond acceptors (Lipinski definition) is 3. The lowest BCUT2D eigenvalue weighted by Gasteiger charge is -2.34. The lowest BCUT2D eigenvalue weighted by Crippen LogP contribution is -2.50. The van der Waals surface area contributed by atoms with Crippen molar-refractivity contribution in [1.82, 2.24) is 9.80 Å². The second kappa shape index (κ2) is 6.63. The highest BCUT2D eigenvalue weighted by molar-refractivity contribution is 5.78. The van der Waals surface area contributed by atoms with Gasteiger partial charge in [-0.15, -0.1) is 0 Å². The van der Waals surface area contributed by atoms with Crippen molar-refractivity contribution in [1.29, 1.82) is 0 Å². The molecule has 0 spiro atoms. The molecule has 104 valence electrons. The number of hydrogen-bond donors (Lipinski definition) is 1. The standard InChI is InChI=1S/C14H20FN3O/c15-13-3-1-12(2-4-13)11-14(19)18-9-7-17(6-5-16)8-10-18/h1-4H,5-11,16H2. The van der Waals surface area contributed by atoms with Crippen molar-refractivity contribution in [2.45, 2.75) is 6.42 Å². The largest absolute Gasteiger partial charge is 0.340 e. The number of rotatable bonds is 4. The van der Waals surface area contributed by atoms with Crippen LogP contribution in [0.3, 0.4) is 0 Å². The lowest BCUT2D eigenvalue weighted by atomic mass is 10.1. The number of nitrogens with zero attached hydrogens (tertiary/aromatic N) is 2. The van der Waals surface area contributed by atoms with E-state index in [-0.39, 0.29) is 11.7 Å². The van der Waals surface area contributed by atoms with Crippen molar-refractivity contribution in [3.05, 3.63) is 35.6 Å². The Morgan fingerprint density at radius 3 is 2.37 bits per heavy atom. The lowest BCUT2D eigenvalue weighted by molar-refractivity contribution is -0.132. The van der Waals surface area contributed by atoms with Gasteiger partial charge >= 0.3 is 0 Å². The molecule has 1 aromatic rings. The Morgan fingerprint density at radius 1 is 1.16 bits per heavy atom. The Balaban J connectivity index is 1.83. The van der Waals surface area contributed by atoms with Crippen LogP contribution >= 0.6 is 0 Å². The van der Waals surface area contributed by atoms with Crippen molar-refractivity contribution in [2.24, 2.45) is 5.73 Å². The van der Waals surface area contributed by atoms with Crippen LogP contribution in [0.25, 0.3) is 0 Å². The quantitative estimate of drug-likeness (QED) is 0.861. The number of halogens is 1. The normalized spacial score (nSPS) is 16.6. The minimum atomic E-state index is -0.272. The molecule has 1 aliphatic rings. The fourth-order valence-corrected chi connectivity index (χ4v) is 2.29. The van der Waals surface area contributed by atoms with Gasteiger partial charge in [0.2, 0.25) is 5.91 Å². The first-order chi connectivity index (χ1) is 9.19. The molecule has 2 N–H and O–H groups in total. The smallest absolute Gasteiger partial charge is 0.227 e. The third-order valence-electron chi connectivity index (χ3n) is 3.44. The van der Waals surface area contributed by atoms with Crippen LogP contribution in [-0.2, 0) is 11.2 Å². The number of amides is 1. The molecule has 1 aromatic carbocycles. The van der Waals surface area contributed by atoms with Gasteiger partial charge < -0.3 is 10.6 Å². The van der Waals surface area contributed by atoms with Gasteiger partial charge in [-0.05, 0) is 17.7 Å². The molecule has 1 aliphatic heterocycles. The summed E-state index contributed by atoms with van der Waals surface area (Å²) in [5.41, 5.74) is 6.37. The maximum absolute atomic E-state index is 12.8. The van der Waals surface area contributed by atoms with Crippen molar-refractivity contribution >= 4 is 5.91 Å². The van der Waals surface area contributed by atoms with Crippen molar-refractivity contribution < 1.29 is 9.18 Å². The molecule has 1 saturated heterocycles. The second-order valence-electron chi connectivity index (χ2n) is 4.81. The zero-order chi connectivity index (χ0) is 13.7. The third-order valence-corrected chi connectivity index (χ3v) is 3.44. The Hall–Kier alpha value is -1.46. The van der Waals surface area contributed by atoms with Gasteiger partial charge in [0, 0.05) is 39.3 Å². The molecular formula is C14H20FN3O. The molecule has 1 fully saturated rings. The van der Waals surface area contributed by atoms with E-state index in [0.29, 0.717) is 13.0 Å². The minimum Gasteiger partial charge on any atom is -0.340 e. The fraction of sp³-hybridized carbons (Fsp3) is 0.500. The van der Waals surface area contributed by atoms with E-state index in [4.69, 9.17) is 5.73 Å². The van der Waals surface area contributed by atoms with Crippen LogP contribution in [0.2, 0.25) is 0 Å². The van der Waals surface area contributed by atoms with Gasteiger partial charge in [-0.25, -0.2) is 4.39 Å². The molecule has 1 amide bonds. The Bertz CT molecular complexity index is 413. The van der Waals surface area contributed by atoms with E-state index in [0.717, 1.165) is 38.3 Å². The number of carbonyl (C=O) groups is 1. The van der Waals surface area contributed by atoms with Crippen molar-refractivity contribution in [2.75, 3.05) is 39.3 Å². The summed E-state index contributed by atoms with van der Waals surface area (Å²) in [7, 11) is 0. The first-order valence-corrected chi connectivity index (χ1v) is 6.63. The molecule has 2 rings (SSSR count). The maximum Gasteiger partial charge on any atom is 0.227 e. The van der Waals surface area contributed by atoms with Crippen LogP contribution in [0.4, 0.5) is 4.39 Å². The molecule has 0 aromatic heterocycles. The summed E-state index contributed by atoms with van der Waals surface area (Å²) in [6.07, 6.45) is 0.344. The van der Waals surface area contributed by atoms with E-state index in [9.17, 15) is 9.18 Å². The average Bonchev–Trinajstić information content (AvgIpc) is 2.42. The predicted octanol–water partition coefficient (Wildman–Crippen LogP) is 0.471. The summed E-state index contributed by atoms with van der Waals surface area (Å²) in [5.74, 6) is -0.161. The Labute approximate surface area is 113 Å². The van der Waals surface area contributed by atoms with Crippen molar-refractivity contribution in [3.8, 4) is 0 Å². The summed E-state index contributed by atoms with van der Waals surface area (Å²) >= 11 is 0. The highest BCUT2D eigenvalue weighted by Crippen LogP contribution is 2.08. The average molecular weight is 265 g/mol. The predicted molar refractivity (Wildman–Crippen MR) is 72.2 cm³/mol. The summed E-state index contributed by atoms with van der Waals surface area (Å²) in [6.45, 7) is 4.81. The van der Waals surface area contributed by atoms with Crippen LogP contribution < -0.4 is 5.73 Å². The molecular weight excluding hydrogens is 245 g/mol. The molecule has 0 saturated carbocycles. The molecule has 0 bridgehead atoms. The van der Waals surface area contributed by atoms with Gasteiger partial charge in [-0.3, -0.25) is 9.69 Å². The Morgan fingerprint density at radius 2 is 1.79 bits per heavy atom. The van der Waals surface area contributed by atoms with E-state index in [1.165, 1.54) is 12.1 Å². The van der Waals surface area contributed by atoms with Gasteiger partial charge in [0.05, 0.1) is 6.42 Å². The number of benzene rings is 1. The summed E-state index contributed by atoms with van der Waals surface area (Å²) in [4.78, 5) is 16.2.